The summed E-state index contributed by atoms with van der Waals surface area (Å²) < 4.78 is 10.1. The highest BCUT2D eigenvalue weighted by molar-refractivity contribution is 5.78. The first-order chi connectivity index (χ1) is 5.90. The number of hydrogen-bond donors (Lipinski definition) is 0. The summed E-state index contributed by atoms with van der Waals surface area (Å²) in [7, 11) is 0. The number of fused-ring (bicyclic) bond motifs is 1. The average molecular weight is 163 g/mol. The second-order valence-electron chi connectivity index (χ2n) is 2.47. The van der Waals surface area contributed by atoms with Gasteiger partial charge in [0.25, 0.3) is 0 Å². The Labute approximate surface area is 69.9 Å². The highest BCUT2D eigenvalue weighted by Crippen LogP contribution is 2.19. The molecule has 0 N–H and O–H groups in total. The van der Waals surface area contributed by atoms with E-state index in [1.54, 1.807) is 6.26 Å². The maximum Gasteiger partial charge on any atom is 0.131 e. The van der Waals surface area contributed by atoms with Crippen molar-refractivity contribution in [2.24, 2.45) is 0 Å². The lowest BCUT2D eigenvalue weighted by atomic mass is 10.2. The predicted octanol–water partition coefficient (Wildman–Crippen LogP) is 2.23. The van der Waals surface area contributed by atoms with Crippen molar-refractivity contribution >= 4 is 10.9 Å². The second-order valence-corrected chi connectivity index (χ2v) is 2.47. The number of ether oxygens (including phenoxy) is 1. The van der Waals surface area contributed by atoms with Gasteiger partial charge in [0.2, 0.25) is 0 Å². The van der Waals surface area contributed by atoms with Crippen LogP contribution < -0.4 is 4.74 Å². The molecule has 0 bridgehead atoms. The molecule has 0 fully saturated rings. The summed E-state index contributed by atoms with van der Waals surface area (Å²) in [6.07, 6.45) is 1.61. The van der Waals surface area contributed by atoms with Gasteiger partial charge in [-0.3, -0.25) is 0 Å². The minimum absolute atomic E-state index is 0.677. The molecule has 3 nitrogen and oxygen atoms in total. The van der Waals surface area contributed by atoms with Crippen molar-refractivity contribution < 1.29 is 9.26 Å². The summed E-state index contributed by atoms with van der Waals surface area (Å²) in [4.78, 5) is 0. The van der Waals surface area contributed by atoms with Crippen LogP contribution in [0.3, 0.4) is 0 Å². The van der Waals surface area contributed by atoms with Crippen LogP contribution in [0.2, 0.25) is 0 Å². The van der Waals surface area contributed by atoms with Crippen molar-refractivity contribution in [2.45, 2.75) is 6.92 Å². The highest BCUT2D eigenvalue weighted by atomic mass is 16.5. The number of rotatable bonds is 2. The van der Waals surface area contributed by atoms with Crippen molar-refractivity contribution in [3.05, 3.63) is 24.5 Å². The number of hydrogen-bond acceptors (Lipinski definition) is 3. The van der Waals surface area contributed by atoms with Gasteiger partial charge in [0.05, 0.1) is 6.61 Å². The number of nitrogens with zero attached hydrogens (tertiary/aromatic N) is 1. The molecule has 0 saturated carbocycles. The van der Waals surface area contributed by atoms with E-state index in [2.05, 4.69) is 5.16 Å². The van der Waals surface area contributed by atoms with Crippen LogP contribution in [-0.2, 0) is 0 Å². The van der Waals surface area contributed by atoms with Gasteiger partial charge >= 0.3 is 0 Å². The summed E-state index contributed by atoms with van der Waals surface area (Å²) in [6.45, 7) is 2.63. The largest absolute Gasteiger partial charge is 0.494 e. The standard InChI is InChI=1S/C9H9NO2/c1-2-11-8-3-4-9-7(5-8)6-12-10-9/h3-6H,2H2,1H3. The molecule has 0 unspecified atom stereocenters. The zero-order chi connectivity index (χ0) is 8.39. The molecule has 0 aliphatic rings. The Balaban J connectivity index is 2.46. The van der Waals surface area contributed by atoms with Gasteiger partial charge in [-0.15, -0.1) is 0 Å². The molecule has 2 rings (SSSR count). The molecule has 1 aromatic heterocycles. The van der Waals surface area contributed by atoms with Crippen molar-refractivity contribution in [3.63, 3.8) is 0 Å². The van der Waals surface area contributed by atoms with Crippen molar-refractivity contribution in [1.29, 1.82) is 0 Å². The molecule has 12 heavy (non-hydrogen) atoms. The second kappa shape index (κ2) is 2.85. The molecule has 62 valence electrons. The Morgan fingerprint density at radius 3 is 3.25 bits per heavy atom. The van der Waals surface area contributed by atoms with Crippen LogP contribution in [0, 0.1) is 0 Å². The molecule has 0 aliphatic carbocycles. The van der Waals surface area contributed by atoms with Gasteiger partial charge in [-0.2, -0.15) is 0 Å². The first kappa shape index (κ1) is 7.16. The molecule has 2 aromatic rings. The van der Waals surface area contributed by atoms with Crippen LogP contribution in [0.4, 0.5) is 0 Å². The van der Waals surface area contributed by atoms with Gasteiger partial charge in [-0.1, -0.05) is 5.16 Å². The molecule has 1 aromatic carbocycles. The van der Waals surface area contributed by atoms with Gasteiger partial charge < -0.3 is 9.26 Å². The summed E-state index contributed by atoms with van der Waals surface area (Å²) in [5, 5.41) is 4.76. The monoisotopic (exact) mass is 163 g/mol. The Morgan fingerprint density at radius 2 is 2.42 bits per heavy atom. The predicted molar refractivity (Wildman–Crippen MR) is 45.2 cm³/mol. The molecular weight excluding hydrogens is 154 g/mol. The van der Waals surface area contributed by atoms with E-state index in [4.69, 9.17) is 9.26 Å². The minimum Gasteiger partial charge on any atom is -0.494 e. The van der Waals surface area contributed by atoms with Crippen molar-refractivity contribution in [1.82, 2.24) is 5.16 Å². The van der Waals surface area contributed by atoms with E-state index >= 15 is 0 Å². The smallest absolute Gasteiger partial charge is 0.131 e. The first-order valence-corrected chi connectivity index (χ1v) is 3.87. The number of benzene rings is 1. The molecule has 0 amide bonds. The van der Waals surface area contributed by atoms with Gasteiger partial charge in [0.1, 0.15) is 17.5 Å². The average Bonchev–Trinajstić information content (AvgIpc) is 2.51. The molecule has 0 aliphatic heterocycles. The molecule has 0 saturated heterocycles. The Morgan fingerprint density at radius 1 is 1.50 bits per heavy atom. The normalized spacial score (nSPS) is 10.4. The molecule has 0 spiro atoms. The van der Waals surface area contributed by atoms with Crippen LogP contribution in [0.1, 0.15) is 6.92 Å². The zero-order valence-electron chi connectivity index (χ0n) is 6.78. The lowest BCUT2D eigenvalue weighted by Gasteiger charge is -2.00. The molecule has 0 atom stereocenters. The maximum absolute atomic E-state index is 5.31. The van der Waals surface area contributed by atoms with E-state index < -0.39 is 0 Å². The summed E-state index contributed by atoms with van der Waals surface area (Å²) in [6, 6.07) is 5.67. The molecular formula is C9H9NO2. The van der Waals surface area contributed by atoms with E-state index in [0.717, 1.165) is 16.7 Å². The lowest BCUT2D eigenvalue weighted by Crippen LogP contribution is -1.90. The van der Waals surface area contributed by atoms with Gasteiger partial charge in [0, 0.05) is 5.39 Å². The summed E-state index contributed by atoms with van der Waals surface area (Å²) in [5.74, 6) is 0.855. The molecule has 0 radical (unpaired) electrons. The first-order valence-electron chi connectivity index (χ1n) is 3.87. The van der Waals surface area contributed by atoms with Crippen molar-refractivity contribution in [3.8, 4) is 5.75 Å². The highest BCUT2D eigenvalue weighted by Gasteiger charge is 1.98. The van der Waals surface area contributed by atoms with Gasteiger partial charge in [0.15, 0.2) is 0 Å². The van der Waals surface area contributed by atoms with Crippen LogP contribution in [0.25, 0.3) is 10.9 Å². The fraction of sp³-hybridized carbons (Fsp3) is 0.222. The van der Waals surface area contributed by atoms with E-state index in [0.29, 0.717) is 6.61 Å². The SMILES string of the molecule is CCOc1ccc2nocc2c1. The van der Waals surface area contributed by atoms with Crippen molar-refractivity contribution in [2.75, 3.05) is 6.61 Å². The van der Waals surface area contributed by atoms with E-state index in [9.17, 15) is 0 Å². The van der Waals surface area contributed by atoms with Crippen LogP contribution in [-0.4, -0.2) is 11.8 Å². The topological polar surface area (TPSA) is 35.3 Å². The van der Waals surface area contributed by atoms with Crippen LogP contribution in [0.5, 0.6) is 5.75 Å². The summed E-state index contributed by atoms with van der Waals surface area (Å²) in [5.41, 5.74) is 0.860. The fourth-order valence-corrected chi connectivity index (χ4v) is 1.11. The zero-order valence-corrected chi connectivity index (χ0v) is 6.78. The third-order valence-electron chi connectivity index (χ3n) is 1.64. The fourth-order valence-electron chi connectivity index (χ4n) is 1.11. The number of aromatic nitrogens is 1. The maximum atomic E-state index is 5.31. The third kappa shape index (κ3) is 1.13. The summed E-state index contributed by atoms with van der Waals surface area (Å²) >= 11 is 0. The van der Waals surface area contributed by atoms with Crippen LogP contribution >= 0.6 is 0 Å². The molecule has 1 heterocycles. The van der Waals surface area contributed by atoms with Gasteiger partial charge in [-0.25, -0.2) is 0 Å². The Bertz CT molecular complexity index is 381. The lowest BCUT2D eigenvalue weighted by molar-refractivity contribution is 0.341. The minimum atomic E-state index is 0.677. The quantitative estimate of drug-likeness (QED) is 0.680. The Kier molecular flexibility index (Phi) is 1.70. The van der Waals surface area contributed by atoms with Crippen LogP contribution in [0.15, 0.2) is 29.0 Å². The third-order valence-corrected chi connectivity index (χ3v) is 1.64. The Hall–Kier alpha value is -1.51. The van der Waals surface area contributed by atoms with E-state index in [1.807, 2.05) is 25.1 Å². The van der Waals surface area contributed by atoms with Gasteiger partial charge in [-0.05, 0) is 25.1 Å². The van der Waals surface area contributed by atoms with E-state index in [1.165, 1.54) is 0 Å². The molecule has 3 heteroatoms. The van der Waals surface area contributed by atoms with E-state index in [-0.39, 0.29) is 0 Å².